The van der Waals surface area contributed by atoms with Gasteiger partial charge in [0, 0.05) is 6.20 Å². The van der Waals surface area contributed by atoms with Crippen molar-refractivity contribution in [3.8, 4) is 5.75 Å². The molecular formula is C15H14FNO4. The van der Waals surface area contributed by atoms with Crippen LogP contribution in [0.5, 0.6) is 5.75 Å². The summed E-state index contributed by atoms with van der Waals surface area (Å²) in [7, 11) is 0. The van der Waals surface area contributed by atoms with Gasteiger partial charge in [0.2, 0.25) is 5.43 Å². The van der Waals surface area contributed by atoms with Crippen molar-refractivity contribution in [3.63, 3.8) is 0 Å². The predicted octanol–water partition coefficient (Wildman–Crippen LogP) is 2.27. The second-order valence-electron chi connectivity index (χ2n) is 4.93. The lowest BCUT2D eigenvalue weighted by atomic mass is 10.1. The third-order valence-electron chi connectivity index (χ3n) is 3.54. The van der Waals surface area contributed by atoms with E-state index in [1.54, 1.807) is 11.5 Å². The number of halogens is 1. The van der Waals surface area contributed by atoms with Gasteiger partial charge in [0.1, 0.15) is 12.2 Å². The third-order valence-corrected chi connectivity index (χ3v) is 3.54. The van der Waals surface area contributed by atoms with E-state index < -0.39 is 17.2 Å². The molecule has 2 heterocycles. The lowest BCUT2D eigenvalue weighted by Crippen LogP contribution is -2.27. The summed E-state index contributed by atoms with van der Waals surface area (Å²) in [5.74, 6) is -1.14. The highest BCUT2D eigenvalue weighted by Gasteiger charge is 2.26. The zero-order chi connectivity index (χ0) is 15.1. The first-order valence-electron chi connectivity index (χ1n) is 6.71. The molecule has 0 spiro atoms. The molecule has 1 aliphatic rings. The van der Waals surface area contributed by atoms with E-state index in [0.29, 0.717) is 5.52 Å². The Hall–Kier alpha value is -2.37. The SMILES string of the molecule is CCOC(=O)c1cn2c3c(c(F)ccc3c1=O)OCC2C. The summed E-state index contributed by atoms with van der Waals surface area (Å²) in [6.07, 6.45) is 1.43. The number of rotatable bonds is 2. The van der Waals surface area contributed by atoms with Crippen molar-refractivity contribution in [2.24, 2.45) is 0 Å². The number of carbonyl (C=O) groups is 1. The summed E-state index contributed by atoms with van der Waals surface area (Å²) in [5.41, 5.74) is -0.138. The van der Waals surface area contributed by atoms with Gasteiger partial charge < -0.3 is 14.0 Å². The van der Waals surface area contributed by atoms with Gasteiger partial charge in [0.15, 0.2) is 11.6 Å². The number of aromatic nitrogens is 1. The molecule has 0 saturated heterocycles. The molecule has 0 aliphatic carbocycles. The molecule has 0 amide bonds. The fraction of sp³-hybridized carbons (Fsp3) is 0.333. The topological polar surface area (TPSA) is 57.5 Å². The quantitative estimate of drug-likeness (QED) is 0.796. The fourth-order valence-electron chi connectivity index (χ4n) is 2.52. The Labute approximate surface area is 119 Å². The van der Waals surface area contributed by atoms with Gasteiger partial charge in [-0.2, -0.15) is 0 Å². The highest BCUT2D eigenvalue weighted by molar-refractivity contribution is 5.95. The second kappa shape index (κ2) is 4.87. The smallest absolute Gasteiger partial charge is 0.343 e. The Morgan fingerprint density at radius 1 is 1.52 bits per heavy atom. The van der Waals surface area contributed by atoms with Gasteiger partial charge in [-0.05, 0) is 26.0 Å². The van der Waals surface area contributed by atoms with Gasteiger partial charge >= 0.3 is 5.97 Å². The monoisotopic (exact) mass is 291 g/mol. The highest BCUT2D eigenvalue weighted by Crippen LogP contribution is 2.33. The molecule has 0 saturated carbocycles. The molecular weight excluding hydrogens is 277 g/mol. The third kappa shape index (κ3) is 1.98. The van der Waals surface area contributed by atoms with Gasteiger partial charge in [0.05, 0.1) is 23.6 Å². The minimum Gasteiger partial charge on any atom is -0.486 e. The molecule has 110 valence electrons. The van der Waals surface area contributed by atoms with Crippen molar-refractivity contribution < 1.29 is 18.7 Å². The minimum absolute atomic E-state index is 0.0457. The number of ether oxygens (including phenoxy) is 2. The van der Waals surface area contributed by atoms with Crippen LogP contribution in [0.25, 0.3) is 10.9 Å². The van der Waals surface area contributed by atoms with E-state index in [1.165, 1.54) is 18.3 Å². The zero-order valence-corrected chi connectivity index (χ0v) is 11.7. The van der Waals surface area contributed by atoms with E-state index in [9.17, 15) is 14.0 Å². The van der Waals surface area contributed by atoms with Crippen LogP contribution in [0.3, 0.4) is 0 Å². The molecule has 1 aliphatic heterocycles. The number of nitrogens with zero attached hydrogens (tertiary/aromatic N) is 1. The first kappa shape index (κ1) is 13.6. The molecule has 21 heavy (non-hydrogen) atoms. The molecule has 2 aromatic rings. The van der Waals surface area contributed by atoms with E-state index in [1.807, 2.05) is 6.92 Å². The van der Waals surface area contributed by atoms with Crippen LogP contribution >= 0.6 is 0 Å². The molecule has 0 radical (unpaired) electrons. The van der Waals surface area contributed by atoms with Crippen LogP contribution < -0.4 is 10.2 Å². The summed E-state index contributed by atoms with van der Waals surface area (Å²) in [6, 6.07) is 2.43. The standard InChI is InChI=1S/C15H14FNO4/c1-3-20-15(19)10-6-17-8(2)7-21-14-11(16)5-4-9(12(14)17)13(10)18/h4-6,8H,3,7H2,1-2H3. The van der Waals surface area contributed by atoms with Crippen molar-refractivity contribution in [1.82, 2.24) is 4.57 Å². The molecule has 1 atom stereocenters. The van der Waals surface area contributed by atoms with Gasteiger partial charge in [-0.25, -0.2) is 9.18 Å². The van der Waals surface area contributed by atoms with Crippen LogP contribution in [0.15, 0.2) is 23.1 Å². The maximum Gasteiger partial charge on any atom is 0.343 e. The largest absolute Gasteiger partial charge is 0.486 e. The van der Waals surface area contributed by atoms with Crippen molar-refractivity contribution in [1.29, 1.82) is 0 Å². The average molecular weight is 291 g/mol. The number of benzene rings is 1. The van der Waals surface area contributed by atoms with Crippen molar-refractivity contribution in [2.45, 2.75) is 19.9 Å². The summed E-state index contributed by atoms with van der Waals surface area (Å²) in [4.78, 5) is 24.3. The lowest BCUT2D eigenvalue weighted by molar-refractivity contribution is 0.0523. The van der Waals surface area contributed by atoms with Crippen LogP contribution in [0.4, 0.5) is 4.39 Å². The van der Waals surface area contributed by atoms with Gasteiger partial charge in [-0.1, -0.05) is 0 Å². The summed E-state index contributed by atoms with van der Waals surface area (Å²) < 4.78 is 25.8. The molecule has 6 heteroatoms. The van der Waals surface area contributed by atoms with E-state index in [-0.39, 0.29) is 36.0 Å². The zero-order valence-electron chi connectivity index (χ0n) is 11.7. The average Bonchev–Trinajstić information content (AvgIpc) is 2.46. The Morgan fingerprint density at radius 2 is 2.29 bits per heavy atom. The van der Waals surface area contributed by atoms with E-state index in [0.717, 1.165) is 0 Å². The van der Waals surface area contributed by atoms with Crippen LogP contribution in [0.1, 0.15) is 30.2 Å². The fourth-order valence-corrected chi connectivity index (χ4v) is 2.52. The number of pyridine rings is 1. The summed E-state index contributed by atoms with van der Waals surface area (Å²) in [6.45, 7) is 4.00. The maximum absolute atomic E-state index is 13.8. The molecule has 0 bridgehead atoms. The van der Waals surface area contributed by atoms with Crippen LogP contribution in [0, 0.1) is 5.82 Å². The summed E-state index contributed by atoms with van der Waals surface area (Å²) in [5, 5.41) is 0.253. The highest BCUT2D eigenvalue weighted by atomic mass is 19.1. The Kier molecular flexibility index (Phi) is 3.16. The van der Waals surface area contributed by atoms with Crippen LogP contribution in [-0.4, -0.2) is 23.8 Å². The second-order valence-corrected chi connectivity index (χ2v) is 4.93. The number of hydrogen-bond acceptors (Lipinski definition) is 4. The molecule has 5 nitrogen and oxygen atoms in total. The summed E-state index contributed by atoms with van der Waals surface area (Å²) >= 11 is 0. The van der Waals surface area contributed by atoms with Crippen LogP contribution in [0.2, 0.25) is 0 Å². The van der Waals surface area contributed by atoms with E-state index in [4.69, 9.17) is 9.47 Å². The van der Waals surface area contributed by atoms with Crippen molar-refractivity contribution >= 4 is 16.9 Å². The maximum atomic E-state index is 13.8. The van der Waals surface area contributed by atoms with Gasteiger partial charge in [-0.15, -0.1) is 0 Å². The molecule has 1 aromatic heterocycles. The Bertz CT molecular complexity index is 796. The first-order chi connectivity index (χ1) is 10.0. The minimum atomic E-state index is -0.669. The van der Waals surface area contributed by atoms with Gasteiger partial charge in [0.25, 0.3) is 0 Å². The Morgan fingerprint density at radius 3 is 3.00 bits per heavy atom. The molecule has 1 unspecified atom stereocenters. The Balaban J connectivity index is 2.37. The first-order valence-corrected chi connectivity index (χ1v) is 6.71. The van der Waals surface area contributed by atoms with Crippen molar-refractivity contribution in [2.75, 3.05) is 13.2 Å². The lowest BCUT2D eigenvalue weighted by Gasteiger charge is -2.27. The molecule has 0 fully saturated rings. The number of hydrogen-bond donors (Lipinski definition) is 0. The predicted molar refractivity (Wildman–Crippen MR) is 74.3 cm³/mol. The van der Waals surface area contributed by atoms with E-state index in [2.05, 4.69) is 0 Å². The molecule has 3 rings (SSSR count). The van der Waals surface area contributed by atoms with Crippen molar-refractivity contribution in [3.05, 3.63) is 39.9 Å². The number of carbonyl (C=O) groups excluding carboxylic acids is 1. The van der Waals surface area contributed by atoms with Gasteiger partial charge in [-0.3, -0.25) is 4.79 Å². The molecule has 1 aromatic carbocycles. The normalized spacial score (nSPS) is 16.6. The number of esters is 1. The van der Waals surface area contributed by atoms with Crippen LogP contribution in [-0.2, 0) is 4.74 Å². The molecule has 0 N–H and O–H groups in total. The van der Waals surface area contributed by atoms with E-state index >= 15 is 0 Å².